The quantitative estimate of drug-likeness (QED) is 0.561. The van der Waals surface area contributed by atoms with Gasteiger partial charge in [-0.15, -0.1) is 12.4 Å². The lowest BCUT2D eigenvalue weighted by Crippen LogP contribution is -2.27. The topological polar surface area (TPSA) is 73.6 Å². The lowest BCUT2D eigenvalue weighted by molar-refractivity contribution is -0.120. The number of carbonyl (C=O) groups is 1. The van der Waals surface area contributed by atoms with Crippen LogP contribution in [0.15, 0.2) is 24.3 Å². The number of ether oxygens (including phenoxy) is 2. The molecule has 0 aliphatic carbocycles. The van der Waals surface area contributed by atoms with Crippen LogP contribution in [0.2, 0.25) is 0 Å². The van der Waals surface area contributed by atoms with Gasteiger partial charge in [0.05, 0.1) is 6.42 Å². The van der Waals surface area contributed by atoms with Crippen LogP contribution in [0.25, 0.3) is 0 Å². The average Bonchev–Trinajstić information content (AvgIpc) is 2.54. The molecule has 6 heteroatoms. The summed E-state index contributed by atoms with van der Waals surface area (Å²) in [5.41, 5.74) is 7.30. The monoisotopic (exact) mass is 342 g/mol. The van der Waals surface area contributed by atoms with E-state index in [1.165, 1.54) is 0 Å². The summed E-state index contributed by atoms with van der Waals surface area (Å²) in [4.78, 5) is 11.8. The van der Waals surface area contributed by atoms with Crippen molar-refractivity contribution >= 4 is 24.0 Å². The molecule has 1 amide bonds. The van der Waals surface area contributed by atoms with E-state index in [9.17, 15) is 4.79 Å². The van der Waals surface area contributed by atoms with Crippen LogP contribution >= 0.6 is 12.4 Å². The number of carbonyl (C=O) groups excluding carboxylic acids is 1. The van der Waals surface area contributed by atoms with Crippen molar-refractivity contribution in [3.05, 3.63) is 29.8 Å². The molecule has 0 aromatic heterocycles. The number of rotatable bonds is 8. The van der Waals surface area contributed by atoms with Crippen molar-refractivity contribution in [1.29, 1.82) is 0 Å². The van der Waals surface area contributed by atoms with Gasteiger partial charge in [0.2, 0.25) is 5.91 Å². The first-order chi connectivity index (χ1) is 10.7. The van der Waals surface area contributed by atoms with Crippen molar-refractivity contribution in [3.63, 3.8) is 0 Å². The van der Waals surface area contributed by atoms with E-state index < -0.39 is 0 Å². The number of nitrogen functional groups attached to an aromatic ring is 1. The van der Waals surface area contributed by atoms with E-state index in [4.69, 9.17) is 15.2 Å². The zero-order valence-electron chi connectivity index (χ0n) is 13.5. The Kier molecular flexibility index (Phi) is 9.67. The fourth-order valence-electron chi connectivity index (χ4n) is 2.45. The Morgan fingerprint density at radius 2 is 1.96 bits per heavy atom. The second-order valence-corrected chi connectivity index (χ2v) is 5.75. The Hall–Kier alpha value is -1.30. The summed E-state index contributed by atoms with van der Waals surface area (Å²) in [6.45, 7) is 3.87. The predicted molar refractivity (Wildman–Crippen MR) is 93.8 cm³/mol. The molecule has 130 valence electrons. The molecule has 23 heavy (non-hydrogen) atoms. The highest BCUT2D eigenvalue weighted by Gasteiger charge is 2.13. The Labute approximate surface area is 144 Å². The highest BCUT2D eigenvalue weighted by atomic mass is 35.5. The van der Waals surface area contributed by atoms with Crippen molar-refractivity contribution in [2.24, 2.45) is 5.92 Å². The van der Waals surface area contributed by atoms with Crippen molar-refractivity contribution in [1.82, 2.24) is 5.32 Å². The molecule has 0 atom stereocenters. The Bertz CT molecular complexity index is 448. The van der Waals surface area contributed by atoms with Crippen LogP contribution in [0.1, 0.15) is 24.8 Å². The first-order valence-electron chi connectivity index (χ1n) is 8.00. The van der Waals surface area contributed by atoms with Crippen LogP contribution in [-0.2, 0) is 20.7 Å². The van der Waals surface area contributed by atoms with Crippen molar-refractivity contribution in [3.8, 4) is 0 Å². The number of hydrogen-bond donors (Lipinski definition) is 2. The van der Waals surface area contributed by atoms with E-state index in [-0.39, 0.29) is 18.3 Å². The first kappa shape index (κ1) is 19.7. The Morgan fingerprint density at radius 1 is 1.26 bits per heavy atom. The molecular formula is C17H27ClN2O3. The SMILES string of the molecule is Cl.Nc1ccc(CC(=O)NCCCOCC2CCOCC2)cc1. The van der Waals surface area contributed by atoms with E-state index in [1.54, 1.807) is 0 Å². The van der Waals surface area contributed by atoms with Crippen molar-refractivity contribution in [2.45, 2.75) is 25.7 Å². The summed E-state index contributed by atoms with van der Waals surface area (Å²) in [7, 11) is 0. The molecule has 1 heterocycles. The van der Waals surface area contributed by atoms with Crippen LogP contribution in [0, 0.1) is 5.92 Å². The van der Waals surface area contributed by atoms with Crippen molar-refractivity contribution < 1.29 is 14.3 Å². The fourth-order valence-corrected chi connectivity index (χ4v) is 2.45. The van der Waals surface area contributed by atoms with Gasteiger partial charge in [-0.3, -0.25) is 4.79 Å². The van der Waals surface area contributed by atoms with Gasteiger partial charge in [0, 0.05) is 38.7 Å². The normalized spacial score (nSPS) is 15.0. The number of amides is 1. The van der Waals surface area contributed by atoms with Crippen LogP contribution < -0.4 is 11.1 Å². The summed E-state index contributed by atoms with van der Waals surface area (Å²) in [6, 6.07) is 7.39. The van der Waals surface area contributed by atoms with Gasteiger partial charge in [-0.1, -0.05) is 12.1 Å². The standard InChI is InChI=1S/C17H26N2O3.ClH/c18-16-4-2-14(3-5-16)12-17(20)19-8-1-9-22-13-15-6-10-21-11-7-15;/h2-5,15H,1,6-13,18H2,(H,19,20);1H. The molecule has 1 aliphatic rings. The molecule has 0 bridgehead atoms. The zero-order valence-corrected chi connectivity index (χ0v) is 14.3. The molecule has 1 aromatic carbocycles. The molecule has 0 saturated carbocycles. The molecule has 0 unspecified atom stereocenters. The van der Waals surface area contributed by atoms with Gasteiger partial charge in [0.1, 0.15) is 0 Å². The number of nitrogens with two attached hydrogens (primary N) is 1. The van der Waals surface area contributed by atoms with Gasteiger partial charge in [-0.05, 0) is 42.9 Å². The van der Waals surface area contributed by atoms with Crippen LogP contribution in [0.5, 0.6) is 0 Å². The van der Waals surface area contributed by atoms with E-state index in [0.29, 0.717) is 31.2 Å². The molecular weight excluding hydrogens is 316 g/mol. The molecule has 2 rings (SSSR count). The predicted octanol–water partition coefficient (Wildman–Crippen LogP) is 2.18. The third-order valence-electron chi connectivity index (χ3n) is 3.83. The maximum absolute atomic E-state index is 11.8. The van der Waals surface area contributed by atoms with Crippen molar-refractivity contribution in [2.75, 3.05) is 38.7 Å². The zero-order chi connectivity index (χ0) is 15.6. The van der Waals surface area contributed by atoms with E-state index in [0.717, 1.165) is 44.6 Å². The smallest absolute Gasteiger partial charge is 0.224 e. The minimum Gasteiger partial charge on any atom is -0.399 e. The highest BCUT2D eigenvalue weighted by Crippen LogP contribution is 2.14. The fraction of sp³-hybridized carbons (Fsp3) is 0.588. The maximum atomic E-state index is 11.8. The van der Waals surface area contributed by atoms with Crippen LogP contribution in [-0.4, -0.2) is 38.9 Å². The maximum Gasteiger partial charge on any atom is 0.224 e. The molecule has 0 spiro atoms. The Morgan fingerprint density at radius 3 is 2.65 bits per heavy atom. The molecule has 0 radical (unpaired) electrons. The van der Waals surface area contributed by atoms with E-state index >= 15 is 0 Å². The number of nitrogens with one attached hydrogen (secondary N) is 1. The summed E-state index contributed by atoms with van der Waals surface area (Å²) >= 11 is 0. The molecule has 1 saturated heterocycles. The first-order valence-corrected chi connectivity index (χ1v) is 8.00. The molecule has 3 N–H and O–H groups in total. The van der Waals surface area contributed by atoms with E-state index in [2.05, 4.69) is 5.32 Å². The van der Waals surface area contributed by atoms with Gasteiger partial charge in [-0.2, -0.15) is 0 Å². The second-order valence-electron chi connectivity index (χ2n) is 5.75. The second kappa shape index (κ2) is 11.3. The van der Waals surface area contributed by atoms with E-state index in [1.807, 2.05) is 24.3 Å². The molecule has 1 aromatic rings. The molecule has 1 aliphatic heterocycles. The Balaban J connectivity index is 0.00000264. The van der Waals surface area contributed by atoms with Gasteiger partial charge in [-0.25, -0.2) is 0 Å². The lowest BCUT2D eigenvalue weighted by Gasteiger charge is -2.21. The van der Waals surface area contributed by atoms with Gasteiger partial charge in [0.25, 0.3) is 0 Å². The number of benzene rings is 1. The summed E-state index contributed by atoms with van der Waals surface area (Å²) < 4.78 is 11.0. The third-order valence-corrected chi connectivity index (χ3v) is 3.83. The highest BCUT2D eigenvalue weighted by molar-refractivity contribution is 5.85. The minimum atomic E-state index is 0. The number of hydrogen-bond acceptors (Lipinski definition) is 4. The lowest BCUT2D eigenvalue weighted by atomic mass is 10.0. The third kappa shape index (κ3) is 8.21. The van der Waals surface area contributed by atoms with Gasteiger partial charge >= 0.3 is 0 Å². The van der Waals surface area contributed by atoms with Gasteiger partial charge < -0.3 is 20.5 Å². The number of halogens is 1. The summed E-state index contributed by atoms with van der Waals surface area (Å²) in [5.74, 6) is 0.669. The summed E-state index contributed by atoms with van der Waals surface area (Å²) in [6.07, 6.45) is 3.43. The summed E-state index contributed by atoms with van der Waals surface area (Å²) in [5, 5.41) is 2.91. The minimum absolute atomic E-state index is 0. The molecule has 1 fully saturated rings. The van der Waals surface area contributed by atoms with Crippen LogP contribution in [0.3, 0.4) is 0 Å². The largest absolute Gasteiger partial charge is 0.399 e. The van der Waals surface area contributed by atoms with Gasteiger partial charge in [0.15, 0.2) is 0 Å². The molecule has 5 nitrogen and oxygen atoms in total. The number of anilines is 1. The van der Waals surface area contributed by atoms with Crippen LogP contribution in [0.4, 0.5) is 5.69 Å². The average molecular weight is 343 g/mol.